The van der Waals surface area contributed by atoms with Crippen molar-refractivity contribution in [3.8, 4) is 0 Å². The van der Waals surface area contributed by atoms with Crippen LogP contribution in [-0.4, -0.2) is 0 Å². The zero-order chi connectivity index (χ0) is 12.0. The normalized spacial score (nSPS) is 12.3. The molecule has 0 aliphatic rings. The van der Waals surface area contributed by atoms with E-state index in [1.165, 1.54) is 5.70 Å². The number of rotatable bonds is 5. The third-order valence-electron chi connectivity index (χ3n) is 2.95. The summed E-state index contributed by atoms with van der Waals surface area (Å²) in [7, 11) is 0. The molecule has 0 radical (unpaired) electrons. The highest BCUT2D eigenvalue weighted by Crippen LogP contribution is 2.30. The molecule has 1 nitrogen and oxygen atoms in total. The maximum atomic E-state index is 3.77. The Balaban J connectivity index is 2.90. The highest BCUT2D eigenvalue weighted by atomic mass is 14.9. The van der Waals surface area contributed by atoms with Crippen molar-refractivity contribution < 1.29 is 0 Å². The van der Waals surface area contributed by atoms with E-state index in [9.17, 15) is 0 Å². The van der Waals surface area contributed by atoms with Crippen LogP contribution in [0.15, 0.2) is 54.8 Å². The summed E-state index contributed by atoms with van der Waals surface area (Å²) < 4.78 is 0. The van der Waals surface area contributed by atoms with Gasteiger partial charge in [-0.2, -0.15) is 0 Å². The van der Waals surface area contributed by atoms with Crippen LogP contribution in [-0.2, 0) is 0 Å². The maximum absolute atomic E-state index is 3.77. The van der Waals surface area contributed by atoms with Crippen LogP contribution in [0.4, 0.5) is 5.69 Å². The van der Waals surface area contributed by atoms with Gasteiger partial charge in [0.05, 0.1) is 0 Å². The maximum Gasteiger partial charge on any atom is 0.0381 e. The Labute approximate surface area is 98.9 Å². The number of hydrogen-bond donors (Lipinski definition) is 1. The molecule has 0 fully saturated rings. The first-order valence-corrected chi connectivity index (χ1v) is 5.75. The number of nitrogens with one attached hydrogen (secondary N) is 1. The molecule has 1 aromatic rings. The second-order valence-corrected chi connectivity index (χ2v) is 4.54. The third-order valence-corrected chi connectivity index (χ3v) is 2.95. The van der Waals surface area contributed by atoms with Gasteiger partial charge in [-0.05, 0) is 24.6 Å². The van der Waals surface area contributed by atoms with Crippen LogP contribution in [0.5, 0.6) is 0 Å². The SMILES string of the molecule is C=C/C=C(/Nc1ccccc1)C(C)(C)CC. The predicted molar refractivity (Wildman–Crippen MR) is 72.4 cm³/mol. The Bertz CT molecular complexity index is 360. The van der Waals surface area contributed by atoms with Gasteiger partial charge in [0.1, 0.15) is 0 Å². The lowest BCUT2D eigenvalue weighted by Gasteiger charge is -2.27. The summed E-state index contributed by atoms with van der Waals surface area (Å²) in [4.78, 5) is 0. The van der Waals surface area contributed by atoms with E-state index in [0.29, 0.717) is 0 Å². The first kappa shape index (κ1) is 12.6. The van der Waals surface area contributed by atoms with Crippen molar-refractivity contribution in [2.24, 2.45) is 5.41 Å². The summed E-state index contributed by atoms with van der Waals surface area (Å²) >= 11 is 0. The summed E-state index contributed by atoms with van der Waals surface area (Å²) in [5, 5.41) is 3.46. The van der Waals surface area contributed by atoms with Gasteiger partial charge in [0.15, 0.2) is 0 Å². The molecule has 0 atom stereocenters. The lowest BCUT2D eigenvalue weighted by atomic mass is 9.85. The number of allylic oxidation sites excluding steroid dienone is 3. The second-order valence-electron chi connectivity index (χ2n) is 4.54. The van der Waals surface area contributed by atoms with Crippen LogP contribution in [0.2, 0.25) is 0 Å². The minimum absolute atomic E-state index is 0.143. The van der Waals surface area contributed by atoms with Crippen molar-refractivity contribution in [1.82, 2.24) is 0 Å². The van der Waals surface area contributed by atoms with Gasteiger partial charge < -0.3 is 5.32 Å². The topological polar surface area (TPSA) is 12.0 Å². The number of para-hydroxylation sites is 1. The quantitative estimate of drug-likeness (QED) is 0.707. The lowest BCUT2D eigenvalue weighted by molar-refractivity contribution is 0.432. The van der Waals surface area contributed by atoms with E-state index >= 15 is 0 Å². The van der Waals surface area contributed by atoms with Gasteiger partial charge in [-0.3, -0.25) is 0 Å². The average molecular weight is 215 g/mol. The molecule has 0 bridgehead atoms. The Hall–Kier alpha value is -1.50. The molecule has 0 spiro atoms. The molecule has 1 heteroatoms. The first-order valence-electron chi connectivity index (χ1n) is 5.75. The molecule has 0 saturated carbocycles. The molecule has 0 amide bonds. The zero-order valence-electron chi connectivity index (χ0n) is 10.5. The first-order chi connectivity index (χ1) is 7.60. The predicted octanol–water partition coefficient (Wildman–Crippen LogP) is 4.60. The number of anilines is 1. The van der Waals surface area contributed by atoms with Crippen LogP contribution >= 0.6 is 0 Å². The van der Waals surface area contributed by atoms with Crippen molar-refractivity contribution in [2.45, 2.75) is 27.2 Å². The highest BCUT2D eigenvalue weighted by Gasteiger charge is 2.20. The van der Waals surface area contributed by atoms with E-state index in [1.54, 1.807) is 0 Å². The third kappa shape index (κ3) is 3.27. The molecular formula is C15H21N. The summed E-state index contributed by atoms with van der Waals surface area (Å²) in [6.07, 6.45) is 4.98. The molecule has 0 aliphatic carbocycles. The number of benzene rings is 1. The minimum atomic E-state index is 0.143. The zero-order valence-corrected chi connectivity index (χ0v) is 10.5. The summed E-state index contributed by atoms with van der Waals surface area (Å²) in [6.45, 7) is 10.4. The molecule has 0 aromatic heterocycles. The summed E-state index contributed by atoms with van der Waals surface area (Å²) in [5.41, 5.74) is 2.47. The van der Waals surface area contributed by atoms with Crippen LogP contribution < -0.4 is 5.32 Å². The lowest BCUT2D eigenvalue weighted by Crippen LogP contribution is -2.19. The molecule has 86 valence electrons. The Morgan fingerprint density at radius 3 is 2.44 bits per heavy atom. The van der Waals surface area contributed by atoms with Gasteiger partial charge in [0.25, 0.3) is 0 Å². The van der Waals surface area contributed by atoms with Crippen molar-refractivity contribution in [1.29, 1.82) is 0 Å². The van der Waals surface area contributed by atoms with Gasteiger partial charge >= 0.3 is 0 Å². The second kappa shape index (κ2) is 5.55. The van der Waals surface area contributed by atoms with E-state index in [0.717, 1.165) is 12.1 Å². The summed E-state index contributed by atoms with van der Waals surface area (Å²) in [6, 6.07) is 10.2. The Morgan fingerprint density at radius 1 is 1.31 bits per heavy atom. The fourth-order valence-corrected chi connectivity index (χ4v) is 1.42. The molecule has 0 aliphatic heterocycles. The van der Waals surface area contributed by atoms with Crippen molar-refractivity contribution in [3.05, 3.63) is 54.8 Å². The molecule has 16 heavy (non-hydrogen) atoms. The van der Waals surface area contributed by atoms with E-state index in [-0.39, 0.29) is 5.41 Å². The van der Waals surface area contributed by atoms with Gasteiger partial charge in [0.2, 0.25) is 0 Å². The Kier molecular flexibility index (Phi) is 4.36. The van der Waals surface area contributed by atoms with E-state index in [2.05, 4.69) is 50.9 Å². The average Bonchev–Trinajstić information content (AvgIpc) is 2.30. The summed E-state index contributed by atoms with van der Waals surface area (Å²) in [5.74, 6) is 0. The molecule has 1 N–H and O–H groups in total. The van der Waals surface area contributed by atoms with Gasteiger partial charge in [-0.1, -0.05) is 51.6 Å². The smallest absolute Gasteiger partial charge is 0.0381 e. The highest BCUT2D eigenvalue weighted by molar-refractivity contribution is 5.49. The molecule has 1 aromatic carbocycles. The van der Waals surface area contributed by atoms with Crippen LogP contribution in [0, 0.1) is 5.41 Å². The van der Waals surface area contributed by atoms with Crippen molar-refractivity contribution in [2.75, 3.05) is 5.32 Å². The monoisotopic (exact) mass is 215 g/mol. The van der Waals surface area contributed by atoms with Gasteiger partial charge in [-0.15, -0.1) is 0 Å². The van der Waals surface area contributed by atoms with Crippen LogP contribution in [0.1, 0.15) is 27.2 Å². The molecule has 1 rings (SSSR count). The van der Waals surface area contributed by atoms with Crippen molar-refractivity contribution >= 4 is 5.69 Å². The number of hydrogen-bond acceptors (Lipinski definition) is 1. The van der Waals surface area contributed by atoms with Gasteiger partial charge in [0, 0.05) is 16.8 Å². The van der Waals surface area contributed by atoms with E-state index < -0.39 is 0 Å². The molecule has 0 saturated heterocycles. The van der Waals surface area contributed by atoms with Gasteiger partial charge in [-0.25, -0.2) is 0 Å². The molecule has 0 unspecified atom stereocenters. The molecular weight excluding hydrogens is 194 g/mol. The van der Waals surface area contributed by atoms with Crippen LogP contribution in [0.3, 0.4) is 0 Å². The van der Waals surface area contributed by atoms with E-state index in [1.807, 2.05) is 24.3 Å². The minimum Gasteiger partial charge on any atom is -0.358 e. The largest absolute Gasteiger partial charge is 0.358 e. The fraction of sp³-hybridized carbons (Fsp3) is 0.333. The Morgan fingerprint density at radius 2 is 1.94 bits per heavy atom. The standard InChI is InChI=1S/C15H21N/c1-5-10-14(15(3,4)6-2)16-13-11-8-7-9-12-13/h5,7-12,16H,1,6H2,2-4H3/b14-10+. The molecule has 0 heterocycles. The van der Waals surface area contributed by atoms with E-state index in [4.69, 9.17) is 0 Å². The van der Waals surface area contributed by atoms with Crippen molar-refractivity contribution in [3.63, 3.8) is 0 Å². The van der Waals surface area contributed by atoms with Crippen LogP contribution in [0.25, 0.3) is 0 Å². The fourth-order valence-electron chi connectivity index (χ4n) is 1.42.